The van der Waals surface area contributed by atoms with Crippen LogP contribution in [0.15, 0.2) is 42.6 Å². The van der Waals surface area contributed by atoms with Crippen molar-refractivity contribution in [2.45, 2.75) is 44.0 Å². The van der Waals surface area contributed by atoms with Gasteiger partial charge in [0.1, 0.15) is 17.9 Å². The van der Waals surface area contributed by atoms with Gasteiger partial charge in [-0.25, -0.2) is 14.3 Å². The van der Waals surface area contributed by atoms with E-state index in [9.17, 15) is 34.8 Å². The third-order valence-electron chi connectivity index (χ3n) is 8.14. The molecule has 1 amide bonds. The molecule has 0 spiro atoms. The third-order valence-corrected chi connectivity index (χ3v) is 9.08. The number of nitrogens with one attached hydrogen (secondary N) is 2. The summed E-state index contributed by atoms with van der Waals surface area (Å²) in [7, 11) is -3.39. The highest BCUT2D eigenvalue weighted by Crippen LogP contribution is 2.42. The third kappa shape index (κ3) is 7.62. The second kappa shape index (κ2) is 13.8. The molecule has 254 valence electrons. The Hall–Kier alpha value is -5.16. The lowest BCUT2D eigenvalue weighted by Gasteiger charge is -2.39. The Kier molecular flexibility index (Phi) is 9.47. The summed E-state index contributed by atoms with van der Waals surface area (Å²) in [6.07, 6.45) is 0.806. The number of halogens is 1. The highest BCUT2D eigenvalue weighted by Gasteiger charge is 2.37. The van der Waals surface area contributed by atoms with Gasteiger partial charge in [0.05, 0.1) is 47.4 Å². The molecule has 1 aliphatic heterocycles. The summed E-state index contributed by atoms with van der Waals surface area (Å²) in [5.41, 5.74) is 2.33. The van der Waals surface area contributed by atoms with Crippen LogP contribution in [0.25, 0.3) is 5.65 Å². The number of hydrogen-bond donors (Lipinski definition) is 5. The van der Waals surface area contributed by atoms with Crippen LogP contribution < -0.4 is 25.2 Å². The molecular formula is C30H30ClN10O7P. The van der Waals surface area contributed by atoms with Crippen molar-refractivity contribution in [3.63, 3.8) is 0 Å². The monoisotopic (exact) mass is 708 g/mol. The van der Waals surface area contributed by atoms with Gasteiger partial charge < -0.3 is 40.1 Å². The second-order valence-corrected chi connectivity index (χ2v) is 13.0. The highest BCUT2D eigenvalue weighted by atomic mass is 35.5. The summed E-state index contributed by atoms with van der Waals surface area (Å²) in [5, 5.41) is 38.9. The zero-order valence-corrected chi connectivity index (χ0v) is 27.5. The van der Waals surface area contributed by atoms with Gasteiger partial charge >= 0.3 is 13.9 Å². The molecule has 19 heteroatoms. The van der Waals surface area contributed by atoms with Crippen molar-refractivity contribution in [2.75, 3.05) is 35.3 Å². The number of benzene rings is 2. The van der Waals surface area contributed by atoms with E-state index in [0.29, 0.717) is 23.7 Å². The number of nitrogens with zero attached hydrogens (tertiary/aromatic N) is 8. The van der Waals surface area contributed by atoms with Crippen LogP contribution >= 0.6 is 19.4 Å². The van der Waals surface area contributed by atoms with Crippen LogP contribution in [0.1, 0.15) is 36.1 Å². The normalized spacial score (nSPS) is 17.6. The fraction of sp³-hybridized carbons (Fsp3) is 0.333. The number of piperidine rings is 1. The van der Waals surface area contributed by atoms with Crippen LogP contribution in [0.2, 0.25) is 5.02 Å². The number of carbonyl (C=O) groups is 1. The lowest BCUT2D eigenvalue weighted by molar-refractivity contribution is 0.0903. The van der Waals surface area contributed by atoms with E-state index in [1.54, 1.807) is 12.0 Å². The Morgan fingerprint density at radius 2 is 1.94 bits per heavy atom. The van der Waals surface area contributed by atoms with E-state index in [0.717, 1.165) is 24.2 Å². The minimum absolute atomic E-state index is 0.0624. The maximum atomic E-state index is 11.7. The number of aromatic nitrogens is 4. The number of phosphoric ester groups is 1. The molecule has 5 N–H and O–H groups in total. The second-order valence-electron chi connectivity index (χ2n) is 11.5. The highest BCUT2D eigenvalue weighted by molar-refractivity contribution is 7.46. The Morgan fingerprint density at radius 3 is 2.57 bits per heavy atom. The molecule has 4 aromatic rings. The van der Waals surface area contributed by atoms with Crippen LogP contribution in [-0.2, 0) is 15.6 Å². The maximum absolute atomic E-state index is 11.7. The molecule has 1 aliphatic carbocycles. The summed E-state index contributed by atoms with van der Waals surface area (Å²) in [6, 6.07) is 14.1. The Labute approximate surface area is 284 Å². The molecule has 2 atom stereocenters. The standard InChI is InChI=1S/C30H30ClN10O7P/c1-47-21-6-2-17(3-7-21)15-40(19-4-5-19)28-27-34-14-20(13-33)41(27)38-29(37-28)35-23-10-18(12-32)11-24(26(23)31)39-9-8-22(36-30(42)43)25(16-39)48-49(44,45)46/h2-3,6-7,10-11,14,19,22,25,36H,4-5,8-9,15-16H2,1H3,(H,35,38)(H,42,43)(H2,44,45,46)/t22-,25-/m1/s1. The van der Waals surface area contributed by atoms with Gasteiger partial charge in [-0.3, -0.25) is 4.52 Å². The SMILES string of the molecule is COc1ccc(CN(c2nc(Nc3cc(C#N)cc(N4CC[C@@H](NC(=O)O)[C@H](OP(=O)(O)O)C4)c3Cl)nn3c(C#N)cnc23)C2CC2)cc1. The minimum atomic E-state index is -4.99. The number of imidazole rings is 1. The van der Waals surface area contributed by atoms with E-state index in [4.69, 9.17) is 25.8 Å². The van der Waals surface area contributed by atoms with Gasteiger partial charge in [-0.15, -0.1) is 5.10 Å². The molecule has 1 saturated carbocycles. The largest absolute Gasteiger partial charge is 0.497 e. The summed E-state index contributed by atoms with van der Waals surface area (Å²) in [4.78, 5) is 43.3. The molecule has 2 aromatic heterocycles. The number of nitriles is 2. The van der Waals surface area contributed by atoms with E-state index >= 15 is 0 Å². The molecule has 2 fully saturated rings. The first kappa shape index (κ1) is 33.7. The zero-order valence-electron chi connectivity index (χ0n) is 25.9. The first-order chi connectivity index (χ1) is 23.5. The number of carboxylic acid groups (broad SMARTS) is 1. The minimum Gasteiger partial charge on any atom is -0.497 e. The molecule has 0 radical (unpaired) electrons. The number of ether oxygens (including phenoxy) is 1. The van der Waals surface area contributed by atoms with E-state index in [1.165, 1.54) is 22.8 Å². The molecule has 17 nitrogen and oxygen atoms in total. The zero-order chi connectivity index (χ0) is 34.9. The smallest absolute Gasteiger partial charge is 0.469 e. The number of fused-ring (bicyclic) bond motifs is 1. The average molecular weight is 709 g/mol. The summed E-state index contributed by atoms with van der Waals surface area (Å²) >= 11 is 6.91. The molecule has 3 heterocycles. The van der Waals surface area contributed by atoms with Gasteiger partial charge in [-0.1, -0.05) is 23.7 Å². The van der Waals surface area contributed by atoms with Crippen molar-refractivity contribution >= 4 is 54.3 Å². The van der Waals surface area contributed by atoms with Crippen LogP contribution in [0.5, 0.6) is 5.75 Å². The topological polar surface area (TPSA) is 234 Å². The average Bonchev–Trinajstić information content (AvgIpc) is 3.83. The predicted molar refractivity (Wildman–Crippen MR) is 176 cm³/mol. The molecule has 2 aromatic carbocycles. The van der Waals surface area contributed by atoms with E-state index in [2.05, 4.69) is 37.8 Å². The van der Waals surface area contributed by atoms with Crippen molar-refractivity contribution in [2.24, 2.45) is 0 Å². The summed E-state index contributed by atoms with van der Waals surface area (Å²) in [6.45, 7) is 0.558. The number of phosphoric acid groups is 1. The number of hydrogen-bond acceptors (Lipinski definition) is 12. The van der Waals surface area contributed by atoms with Crippen molar-refractivity contribution in [1.29, 1.82) is 10.5 Å². The van der Waals surface area contributed by atoms with E-state index in [-0.39, 0.29) is 53.5 Å². The van der Waals surface area contributed by atoms with E-state index in [1.807, 2.05) is 24.3 Å². The van der Waals surface area contributed by atoms with Gasteiger partial charge in [-0.2, -0.15) is 20.0 Å². The number of methoxy groups -OCH3 is 1. The quantitative estimate of drug-likeness (QED) is 0.140. The number of rotatable bonds is 11. The Bertz CT molecular complexity index is 2020. The van der Waals surface area contributed by atoms with Crippen molar-refractivity contribution in [1.82, 2.24) is 24.9 Å². The van der Waals surface area contributed by atoms with Gasteiger partial charge in [0.2, 0.25) is 5.95 Å². The van der Waals surface area contributed by atoms with Crippen molar-refractivity contribution < 1.29 is 33.5 Å². The molecule has 0 unspecified atom stereocenters. The van der Waals surface area contributed by atoms with Crippen LogP contribution in [0.4, 0.5) is 27.9 Å². The summed E-state index contributed by atoms with van der Waals surface area (Å²) in [5.74, 6) is 1.27. The molecule has 1 saturated heterocycles. The molecule has 2 aliphatic rings. The van der Waals surface area contributed by atoms with Gasteiger partial charge in [0.25, 0.3) is 0 Å². The van der Waals surface area contributed by atoms with Gasteiger partial charge in [0, 0.05) is 25.7 Å². The predicted octanol–water partition coefficient (Wildman–Crippen LogP) is 3.77. The van der Waals surface area contributed by atoms with Gasteiger partial charge in [0.15, 0.2) is 17.2 Å². The molecule has 49 heavy (non-hydrogen) atoms. The van der Waals surface area contributed by atoms with E-state index < -0.39 is 26.1 Å². The van der Waals surface area contributed by atoms with Crippen LogP contribution in [0, 0.1) is 22.7 Å². The Morgan fingerprint density at radius 1 is 1.18 bits per heavy atom. The van der Waals surface area contributed by atoms with Crippen molar-refractivity contribution in [3.05, 3.63) is 64.4 Å². The van der Waals surface area contributed by atoms with Crippen LogP contribution in [0.3, 0.4) is 0 Å². The summed E-state index contributed by atoms with van der Waals surface area (Å²) < 4.78 is 23.4. The van der Waals surface area contributed by atoms with Crippen molar-refractivity contribution in [3.8, 4) is 17.9 Å². The maximum Gasteiger partial charge on any atom is 0.469 e. The first-order valence-electron chi connectivity index (χ1n) is 15.0. The van der Waals surface area contributed by atoms with Crippen LogP contribution in [-0.4, -0.2) is 79.0 Å². The molecule has 0 bridgehead atoms. The first-order valence-corrected chi connectivity index (χ1v) is 16.9. The Balaban J connectivity index is 1.36. The number of anilines is 4. The molecular weight excluding hydrogens is 679 g/mol. The lowest BCUT2D eigenvalue weighted by atomic mass is 10.0. The van der Waals surface area contributed by atoms with Gasteiger partial charge in [-0.05, 0) is 49.1 Å². The number of amides is 1. The fourth-order valence-electron chi connectivity index (χ4n) is 5.74. The lowest BCUT2D eigenvalue weighted by Crippen LogP contribution is -2.54. The molecule has 6 rings (SSSR count). The fourth-order valence-corrected chi connectivity index (χ4v) is 6.58.